The van der Waals surface area contributed by atoms with Gasteiger partial charge < -0.3 is 14.2 Å². The van der Waals surface area contributed by atoms with Gasteiger partial charge in [0.05, 0.1) is 12.6 Å². The quantitative estimate of drug-likeness (QED) is 0.759. The topological polar surface area (TPSA) is 47.4 Å². The molecule has 0 aliphatic carbocycles. The molecule has 2 heterocycles. The number of halogens is 2. The molecular formula is C19H23F2N3O2. The number of amides is 1. The number of nitrogens with zero attached hydrogens (tertiary/aromatic N) is 3. The van der Waals surface area contributed by atoms with E-state index in [0.717, 1.165) is 25.5 Å². The van der Waals surface area contributed by atoms with Gasteiger partial charge in [0, 0.05) is 38.5 Å². The SMILES string of the molecule is CCC(=O)N(Cc1nccn1Cc1ccc(F)c(F)c1)CC1CCCO1. The molecule has 2 aromatic rings. The van der Waals surface area contributed by atoms with Crippen molar-refractivity contribution < 1.29 is 18.3 Å². The first-order valence-corrected chi connectivity index (χ1v) is 8.90. The van der Waals surface area contributed by atoms with Crippen LogP contribution < -0.4 is 0 Å². The van der Waals surface area contributed by atoms with Crippen LogP contribution in [0.1, 0.15) is 37.6 Å². The third kappa shape index (κ3) is 4.46. The Bertz CT molecular complexity index is 757. The van der Waals surface area contributed by atoms with Crippen molar-refractivity contribution in [2.45, 2.75) is 45.4 Å². The molecule has 1 aromatic heterocycles. The number of rotatable bonds is 7. The fraction of sp³-hybridized carbons (Fsp3) is 0.474. The molecule has 1 unspecified atom stereocenters. The van der Waals surface area contributed by atoms with E-state index in [0.29, 0.717) is 37.4 Å². The summed E-state index contributed by atoms with van der Waals surface area (Å²) in [6, 6.07) is 3.84. The van der Waals surface area contributed by atoms with Gasteiger partial charge in [-0.15, -0.1) is 0 Å². The summed E-state index contributed by atoms with van der Waals surface area (Å²) >= 11 is 0. The van der Waals surface area contributed by atoms with Gasteiger partial charge in [-0.3, -0.25) is 4.79 Å². The smallest absolute Gasteiger partial charge is 0.222 e. The van der Waals surface area contributed by atoms with Crippen LogP contribution >= 0.6 is 0 Å². The largest absolute Gasteiger partial charge is 0.376 e. The average Bonchev–Trinajstić information content (AvgIpc) is 3.29. The van der Waals surface area contributed by atoms with Crippen LogP contribution in [0.4, 0.5) is 8.78 Å². The van der Waals surface area contributed by atoms with Crippen LogP contribution in [0.3, 0.4) is 0 Å². The second-order valence-corrected chi connectivity index (χ2v) is 6.48. The molecule has 5 nitrogen and oxygen atoms in total. The molecule has 7 heteroatoms. The van der Waals surface area contributed by atoms with E-state index in [1.54, 1.807) is 23.4 Å². The first-order chi connectivity index (χ1) is 12.6. The van der Waals surface area contributed by atoms with Gasteiger partial charge in [0.15, 0.2) is 11.6 Å². The monoisotopic (exact) mass is 363 g/mol. The predicted molar refractivity (Wildman–Crippen MR) is 92.4 cm³/mol. The molecule has 0 N–H and O–H groups in total. The Labute approximate surface area is 151 Å². The number of hydrogen-bond donors (Lipinski definition) is 0. The average molecular weight is 363 g/mol. The third-order valence-electron chi connectivity index (χ3n) is 4.57. The Morgan fingerprint density at radius 2 is 2.23 bits per heavy atom. The van der Waals surface area contributed by atoms with E-state index in [9.17, 15) is 13.6 Å². The van der Waals surface area contributed by atoms with Crippen molar-refractivity contribution in [3.8, 4) is 0 Å². The molecule has 26 heavy (non-hydrogen) atoms. The highest BCUT2D eigenvalue weighted by Crippen LogP contribution is 2.16. The molecule has 0 radical (unpaired) electrons. The normalized spacial score (nSPS) is 16.8. The van der Waals surface area contributed by atoms with E-state index in [1.807, 2.05) is 11.5 Å². The fourth-order valence-electron chi connectivity index (χ4n) is 3.15. The number of benzene rings is 1. The fourth-order valence-corrected chi connectivity index (χ4v) is 3.15. The van der Waals surface area contributed by atoms with Crippen molar-refractivity contribution >= 4 is 5.91 Å². The van der Waals surface area contributed by atoms with Crippen LogP contribution in [0.5, 0.6) is 0 Å². The summed E-state index contributed by atoms with van der Waals surface area (Å²) in [6.45, 7) is 3.84. The maximum absolute atomic E-state index is 13.4. The minimum absolute atomic E-state index is 0.0443. The number of carbonyl (C=O) groups is 1. The number of aromatic nitrogens is 2. The van der Waals surface area contributed by atoms with Gasteiger partial charge in [-0.1, -0.05) is 13.0 Å². The summed E-state index contributed by atoms with van der Waals surface area (Å²) in [5, 5.41) is 0. The van der Waals surface area contributed by atoms with Crippen molar-refractivity contribution in [1.82, 2.24) is 14.5 Å². The second kappa shape index (κ2) is 8.40. The first-order valence-electron chi connectivity index (χ1n) is 8.90. The Kier molecular flexibility index (Phi) is 5.98. The minimum Gasteiger partial charge on any atom is -0.376 e. The summed E-state index contributed by atoms with van der Waals surface area (Å²) < 4.78 is 34.0. The first kappa shape index (κ1) is 18.5. The van der Waals surface area contributed by atoms with Crippen LogP contribution in [-0.2, 0) is 22.6 Å². The molecule has 1 aliphatic rings. The minimum atomic E-state index is -0.870. The molecule has 0 bridgehead atoms. The third-order valence-corrected chi connectivity index (χ3v) is 4.57. The number of carbonyl (C=O) groups excluding carboxylic acids is 1. The van der Waals surface area contributed by atoms with Crippen LogP contribution in [-0.4, -0.2) is 39.6 Å². The molecule has 3 rings (SSSR count). The van der Waals surface area contributed by atoms with Gasteiger partial charge in [-0.2, -0.15) is 0 Å². The molecule has 0 saturated carbocycles. The van der Waals surface area contributed by atoms with Crippen molar-refractivity contribution in [2.24, 2.45) is 0 Å². The van der Waals surface area contributed by atoms with Crippen LogP contribution in [0, 0.1) is 11.6 Å². The highest BCUT2D eigenvalue weighted by Gasteiger charge is 2.23. The van der Waals surface area contributed by atoms with Gasteiger partial charge >= 0.3 is 0 Å². The lowest BCUT2D eigenvalue weighted by atomic mass is 10.2. The van der Waals surface area contributed by atoms with Crippen molar-refractivity contribution in [3.63, 3.8) is 0 Å². The number of imidazole rings is 1. The van der Waals surface area contributed by atoms with Gasteiger partial charge in [0.1, 0.15) is 5.82 Å². The molecule has 1 atom stereocenters. The Hall–Kier alpha value is -2.28. The summed E-state index contributed by atoms with van der Waals surface area (Å²) in [4.78, 5) is 18.4. The predicted octanol–water partition coefficient (Wildman–Crippen LogP) is 3.13. The van der Waals surface area contributed by atoms with Crippen LogP contribution in [0.2, 0.25) is 0 Å². The second-order valence-electron chi connectivity index (χ2n) is 6.48. The lowest BCUT2D eigenvalue weighted by Gasteiger charge is -2.25. The summed E-state index contributed by atoms with van der Waals surface area (Å²) in [6.07, 6.45) is 5.88. The zero-order chi connectivity index (χ0) is 18.5. The Morgan fingerprint density at radius 3 is 2.92 bits per heavy atom. The molecule has 0 spiro atoms. The maximum atomic E-state index is 13.4. The number of ether oxygens (including phenoxy) is 1. The zero-order valence-electron chi connectivity index (χ0n) is 14.8. The lowest BCUT2D eigenvalue weighted by Crippen LogP contribution is -2.37. The Balaban J connectivity index is 1.72. The van der Waals surface area contributed by atoms with Crippen molar-refractivity contribution in [2.75, 3.05) is 13.2 Å². The summed E-state index contributed by atoms with van der Waals surface area (Å²) in [5.41, 5.74) is 0.635. The molecule has 1 fully saturated rings. The molecular weight excluding hydrogens is 340 g/mol. The van der Waals surface area contributed by atoms with E-state index < -0.39 is 11.6 Å². The van der Waals surface area contributed by atoms with E-state index in [1.165, 1.54) is 6.07 Å². The van der Waals surface area contributed by atoms with Gasteiger partial charge in [-0.05, 0) is 30.5 Å². The zero-order valence-corrected chi connectivity index (χ0v) is 14.8. The van der Waals surface area contributed by atoms with Gasteiger partial charge in [-0.25, -0.2) is 13.8 Å². The molecule has 140 valence electrons. The highest BCUT2D eigenvalue weighted by atomic mass is 19.2. The lowest BCUT2D eigenvalue weighted by molar-refractivity contribution is -0.133. The number of hydrogen-bond acceptors (Lipinski definition) is 3. The van der Waals surface area contributed by atoms with E-state index in [2.05, 4.69) is 4.98 Å². The van der Waals surface area contributed by atoms with Gasteiger partial charge in [0.2, 0.25) is 5.91 Å². The maximum Gasteiger partial charge on any atom is 0.222 e. The van der Waals surface area contributed by atoms with Gasteiger partial charge in [0.25, 0.3) is 0 Å². The van der Waals surface area contributed by atoms with E-state index in [-0.39, 0.29) is 12.0 Å². The Morgan fingerprint density at radius 1 is 1.38 bits per heavy atom. The molecule has 1 aliphatic heterocycles. The van der Waals surface area contributed by atoms with Crippen LogP contribution in [0.15, 0.2) is 30.6 Å². The summed E-state index contributed by atoms with van der Waals surface area (Å²) in [5.74, 6) is -0.987. The molecule has 1 saturated heterocycles. The van der Waals surface area contributed by atoms with E-state index in [4.69, 9.17) is 4.74 Å². The van der Waals surface area contributed by atoms with Crippen molar-refractivity contribution in [3.05, 3.63) is 53.6 Å². The molecule has 1 amide bonds. The highest BCUT2D eigenvalue weighted by molar-refractivity contribution is 5.75. The molecule has 1 aromatic carbocycles. The standard InChI is InChI=1S/C19H23F2N3O2/c1-2-19(25)24(12-15-4-3-9-26-15)13-18-22-7-8-23(18)11-14-5-6-16(20)17(21)10-14/h5-8,10,15H,2-4,9,11-13H2,1H3. The van der Waals surface area contributed by atoms with E-state index >= 15 is 0 Å². The van der Waals surface area contributed by atoms with Crippen LogP contribution in [0.25, 0.3) is 0 Å². The van der Waals surface area contributed by atoms with Crippen molar-refractivity contribution in [1.29, 1.82) is 0 Å². The summed E-state index contributed by atoms with van der Waals surface area (Å²) in [7, 11) is 0.